The maximum Gasteiger partial charge on any atom is 0.322 e. The first-order chi connectivity index (χ1) is 9.51. The number of nitro groups is 1. The van der Waals surface area contributed by atoms with Crippen molar-refractivity contribution in [2.24, 2.45) is 11.7 Å². The molecule has 1 heterocycles. The fourth-order valence-corrected chi connectivity index (χ4v) is 2.49. The second-order valence-corrected chi connectivity index (χ2v) is 5.08. The molecule has 1 aliphatic rings. The van der Waals surface area contributed by atoms with Crippen LogP contribution in [-0.2, 0) is 0 Å². The van der Waals surface area contributed by atoms with Crippen molar-refractivity contribution in [2.45, 2.75) is 19.4 Å². The zero-order valence-corrected chi connectivity index (χ0v) is 11.3. The van der Waals surface area contributed by atoms with Crippen LogP contribution in [0.4, 0.5) is 16.2 Å². The molecule has 108 valence electrons. The maximum absolute atomic E-state index is 12.2. The number of carbonyl (C=O) groups is 1. The molecule has 7 heteroatoms. The number of non-ortho nitro benzene ring substituents is 1. The first kappa shape index (κ1) is 14.3. The molecule has 1 fully saturated rings. The van der Waals surface area contributed by atoms with E-state index in [4.69, 9.17) is 5.73 Å². The summed E-state index contributed by atoms with van der Waals surface area (Å²) in [4.78, 5) is 24.1. The minimum Gasteiger partial charge on any atom is -0.330 e. The number of likely N-dealkylation sites (tertiary alicyclic amines) is 1. The summed E-state index contributed by atoms with van der Waals surface area (Å²) in [5, 5.41) is 13.4. The normalized spacial score (nSPS) is 21.8. The Labute approximate surface area is 116 Å². The molecule has 0 aliphatic carbocycles. The van der Waals surface area contributed by atoms with Gasteiger partial charge in [0.15, 0.2) is 0 Å². The summed E-state index contributed by atoms with van der Waals surface area (Å²) in [6, 6.07) is 5.80. The van der Waals surface area contributed by atoms with Gasteiger partial charge in [-0.3, -0.25) is 10.1 Å². The number of amides is 2. The zero-order chi connectivity index (χ0) is 14.7. The third-order valence-electron chi connectivity index (χ3n) is 3.56. The number of urea groups is 1. The number of carbonyl (C=O) groups excluding carboxylic acids is 1. The molecule has 2 unspecified atom stereocenters. The number of rotatable bonds is 3. The van der Waals surface area contributed by atoms with E-state index in [1.165, 1.54) is 12.1 Å². The average Bonchev–Trinajstić information content (AvgIpc) is 2.80. The largest absolute Gasteiger partial charge is 0.330 e. The number of nitrogens with zero attached hydrogens (tertiary/aromatic N) is 2. The molecular weight excluding hydrogens is 260 g/mol. The van der Waals surface area contributed by atoms with E-state index in [2.05, 4.69) is 5.32 Å². The molecule has 2 rings (SSSR count). The molecular formula is C13H18N4O3. The number of hydrogen-bond donors (Lipinski definition) is 2. The van der Waals surface area contributed by atoms with Gasteiger partial charge in [0, 0.05) is 30.4 Å². The van der Waals surface area contributed by atoms with Gasteiger partial charge in [0.2, 0.25) is 0 Å². The van der Waals surface area contributed by atoms with Crippen molar-refractivity contribution in [3.05, 3.63) is 34.4 Å². The van der Waals surface area contributed by atoms with E-state index in [0.29, 0.717) is 24.7 Å². The molecule has 0 aromatic heterocycles. The van der Waals surface area contributed by atoms with Gasteiger partial charge in [0.1, 0.15) is 0 Å². The van der Waals surface area contributed by atoms with Crippen LogP contribution in [-0.4, -0.2) is 35.0 Å². The van der Waals surface area contributed by atoms with Gasteiger partial charge >= 0.3 is 6.03 Å². The topological polar surface area (TPSA) is 102 Å². The maximum atomic E-state index is 12.2. The molecule has 20 heavy (non-hydrogen) atoms. The van der Waals surface area contributed by atoms with Gasteiger partial charge in [-0.25, -0.2) is 4.79 Å². The highest BCUT2D eigenvalue weighted by Crippen LogP contribution is 2.24. The standard InChI is InChI=1S/C13H18N4O3/c1-9-5-10(7-14)8-16(9)13(18)15-11-3-2-4-12(6-11)17(19)20/h2-4,6,9-10H,5,7-8,14H2,1H3,(H,15,18). The van der Waals surface area contributed by atoms with Crippen LogP contribution in [0.25, 0.3) is 0 Å². The third-order valence-corrected chi connectivity index (χ3v) is 3.56. The molecule has 0 bridgehead atoms. The Bertz CT molecular complexity index is 520. The summed E-state index contributed by atoms with van der Waals surface area (Å²) in [5.74, 6) is 0.320. The van der Waals surface area contributed by atoms with E-state index < -0.39 is 4.92 Å². The second kappa shape index (κ2) is 5.87. The van der Waals surface area contributed by atoms with E-state index in [9.17, 15) is 14.9 Å². The van der Waals surface area contributed by atoms with Crippen molar-refractivity contribution in [3.63, 3.8) is 0 Å². The van der Waals surface area contributed by atoms with Crippen LogP contribution in [0.15, 0.2) is 24.3 Å². The van der Waals surface area contributed by atoms with Gasteiger partial charge < -0.3 is 16.0 Å². The molecule has 7 nitrogen and oxygen atoms in total. The smallest absolute Gasteiger partial charge is 0.322 e. The molecule has 2 amide bonds. The fourth-order valence-electron chi connectivity index (χ4n) is 2.49. The van der Waals surface area contributed by atoms with E-state index in [1.54, 1.807) is 17.0 Å². The van der Waals surface area contributed by atoms with Crippen LogP contribution in [0.2, 0.25) is 0 Å². The lowest BCUT2D eigenvalue weighted by Crippen LogP contribution is -2.37. The van der Waals surface area contributed by atoms with Gasteiger partial charge in [0.25, 0.3) is 5.69 Å². The monoisotopic (exact) mass is 278 g/mol. The van der Waals surface area contributed by atoms with Gasteiger partial charge in [-0.1, -0.05) is 6.07 Å². The summed E-state index contributed by atoms with van der Waals surface area (Å²) >= 11 is 0. The van der Waals surface area contributed by atoms with Gasteiger partial charge in [-0.2, -0.15) is 0 Å². The fraction of sp³-hybridized carbons (Fsp3) is 0.462. The lowest BCUT2D eigenvalue weighted by molar-refractivity contribution is -0.384. The zero-order valence-electron chi connectivity index (χ0n) is 11.3. The van der Waals surface area contributed by atoms with Crippen molar-refractivity contribution in [1.82, 2.24) is 4.90 Å². The number of anilines is 1. The van der Waals surface area contributed by atoms with E-state index in [0.717, 1.165) is 6.42 Å². The van der Waals surface area contributed by atoms with Crippen molar-refractivity contribution in [3.8, 4) is 0 Å². The Morgan fingerprint density at radius 2 is 2.35 bits per heavy atom. The minimum atomic E-state index is -0.488. The quantitative estimate of drug-likeness (QED) is 0.650. The molecule has 0 spiro atoms. The summed E-state index contributed by atoms with van der Waals surface area (Å²) in [7, 11) is 0. The van der Waals surface area contributed by atoms with Gasteiger partial charge in [0.05, 0.1) is 4.92 Å². The average molecular weight is 278 g/mol. The van der Waals surface area contributed by atoms with Gasteiger partial charge in [-0.15, -0.1) is 0 Å². The van der Waals surface area contributed by atoms with Crippen molar-refractivity contribution < 1.29 is 9.72 Å². The number of hydrogen-bond acceptors (Lipinski definition) is 4. The number of nitrogens with one attached hydrogen (secondary N) is 1. The molecule has 1 aromatic carbocycles. The number of nitrogens with two attached hydrogens (primary N) is 1. The lowest BCUT2D eigenvalue weighted by atomic mass is 10.1. The summed E-state index contributed by atoms with van der Waals surface area (Å²) in [5.41, 5.74) is 6.01. The van der Waals surface area contributed by atoms with Gasteiger partial charge in [-0.05, 0) is 31.9 Å². The van der Waals surface area contributed by atoms with Crippen LogP contribution < -0.4 is 11.1 Å². The van der Waals surface area contributed by atoms with E-state index >= 15 is 0 Å². The number of nitro benzene ring substituents is 1. The molecule has 1 saturated heterocycles. The first-order valence-corrected chi connectivity index (χ1v) is 6.53. The Kier molecular flexibility index (Phi) is 4.19. The Hall–Kier alpha value is -2.15. The van der Waals surface area contributed by atoms with Crippen LogP contribution in [0.3, 0.4) is 0 Å². The SMILES string of the molecule is CC1CC(CN)CN1C(=O)Nc1cccc([N+](=O)[O-])c1. The highest BCUT2D eigenvalue weighted by atomic mass is 16.6. The van der Waals surface area contributed by atoms with E-state index in [-0.39, 0.29) is 17.8 Å². The summed E-state index contributed by atoms with van der Waals surface area (Å²) in [6.45, 7) is 3.16. The Morgan fingerprint density at radius 3 is 2.95 bits per heavy atom. The van der Waals surface area contributed by atoms with Crippen molar-refractivity contribution in [1.29, 1.82) is 0 Å². The molecule has 1 aliphatic heterocycles. The molecule has 3 N–H and O–H groups in total. The molecule has 1 aromatic rings. The van der Waals surface area contributed by atoms with Crippen molar-refractivity contribution >= 4 is 17.4 Å². The highest BCUT2D eigenvalue weighted by molar-refractivity contribution is 5.90. The van der Waals surface area contributed by atoms with Crippen LogP contribution >= 0.6 is 0 Å². The molecule has 0 radical (unpaired) electrons. The number of benzene rings is 1. The van der Waals surface area contributed by atoms with Crippen LogP contribution in [0.5, 0.6) is 0 Å². The lowest BCUT2D eigenvalue weighted by Gasteiger charge is -2.21. The van der Waals surface area contributed by atoms with E-state index in [1.807, 2.05) is 6.92 Å². The Balaban J connectivity index is 2.05. The Morgan fingerprint density at radius 1 is 1.60 bits per heavy atom. The molecule has 2 atom stereocenters. The second-order valence-electron chi connectivity index (χ2n) is 5.08. The summed E-state index contributed by atoms with van der Waals surface area (Å²) < 4.78 is 0. The minimum absolute atomic E-state index is 0.0443. The first-order valence-electron chi connectivity index (χ1n) is 6.53. The third kappa shape index (κ3) is 3.05. The predicted octanol–water partition coefficient (Wildman–Crippen LogP) is 1.80. The predicted molar refractivity (Wildman–Crippen MR) is 75.4 cm³/mol. The van der Waals surface area contributed by atoms with Crippen molar-refractivity contribution in [2.75, 3.05) is 18.4 Å². The highest BCUT2D eigenvalue weighted by Gasteiger charge is 2.31. The van der Waals surface area contributed by atoms with Crippen LogP contribution in [0.1, 0.15) is 13.3 Å². The van der Waals surface area contributed by atoms with Crippen LogP contribution in [0, 0.1) is 16.0 Å². The summed E-state index contributed by atoms with van der Waals surface area (Å²) in [6.07, 6.45) is 0.888. The molecule has 0 saturated carbocycles.